The van der Waals surface area contributed by atoms with Crippen LogP contribution in [0.1, 0.15) is 28.7 Å². The van der Waals surface area contributed by atoms with Crippen molar-refractivity contribution in [2.24, 2.45) is 0 Å². The Kier molecular flexibility index (Phi) is 4.52. The molecule has 0 amide bonds. The molecule has 0 atom stereocenters. The SMILES string of the molecule is C=C(C)COCCn1c(C)cc(C(=O)O)c1C. The molecule has 1 rings (SSSR count). The third kappa shape index (κ3) is 3.46. The zero-order chi connectivity index (χ0) is 13.0. The van der Waals surface area contributed by atoms with Gasteiger partial charge in [0.05, 0.1) is 18.8 Å². The van der Waals surface area contributed by atoms with E-state index < -0.39 is 5.97 Å². The fraction of sp³-hybridized carbons (Fsp3) is 0.462. The van der Waals surface area contributed by atoms with E-state index in [2.05, 4.69) is 6.58 Å². The standard InChI is InChI=1S/C13H19NO3/c1-9(2)8-17-6-5-14-10(3)7-12(11(14)4)13(15)16/h7H,1,5-6,8H2,2-4H3,(H,15,16). The Morgan fingerprint density at radius 1 is 1.53 bits per heavy atom. The zero-order valence-corrected chi connectivity index (χ0v) is 10.6. The monoisotopic (exact) mass is 237 g/mol. The van der Waals surface area contributed by atoms with Crippen LogP contribution in [0.15, 0.2) is 18.2 Å². The first-order chi connectivity index (χ1) is 7.93. The molecule has 94 valence electrons. The number of aryl methyl sites for hydroxylation is 1. The highest BCUT2D eigenvalue weighted by Gasteiger charge is 2.13. The largest absolute Gasteiger partial charge is 0.478 e. The van der Waals surface area contributed by atoms with Gasteiger partial charge in [0, 0.05) is 17.9 Å². The van der Waals surface area contributed by atoms with Gasteiger partial charge in [-0.2, -0.15) is 0 Å². The van der Waals surface area contributed by atoms with Gasteiger partial charge in [0.15, 0.2) is 0 Å². The number of rotatable bonds is 6. The minimum absolute atomic E-state index is 0.363. The highest BCUT2D eigenvalue weighted by Crippen LogP contribution is 2.14. The van der Waals surface area contributed by atoms with Crippen LogP contribution in [0.3, 0.4) is 0 Å². The van der Waals surface area contributed by atoms with Crippen LogP contribution in [-0.4, -0.2) is 28.9 Å². The Hall–Kier alpha value is -1.55. The summed E-state index contributed by atoms with van der Waals surface area (Å²) in [7, 11) is 0. The summed E-state index contributed by atoms with van der Waals surface area (Å²) in [5.74, 6) is -0.882. The molecule has 0 unspecified atom stereocenters. The van der Waals surface area contributed by atoms with Crippen molar-refractivity contribution in [1.82, 2.24) is 4.57 Å². The number of ether oxygens (including phenoxy) is 1. The second-order valence-electron chi connectivity index (χ2n) is 4.25. The van der Waals surface area contributed by atoms with Crippen molar-refractivity contribution in [3.05, 3.63) is 35.2 Å². The minimum Gasteiger partial charge on any atom is -0.478 e. The summed E-state index contributed by atoms with van der Waals surface area (Å²) < 4.78 is 7.37. The van der Waals surface area contributed by atoms with Crippen molar-refractivity contribution in [2.75, 3.05) is 13.2 Å². The second-order valence-corrected chi connectivity index (χ2v) is 4.25. The van der Waals surface area contributed by atoms with E-state index in [9.17, 15) is 4.79 Å². The fourth-order valence-electron chi connectivity index (χ4n) is 1.76. The van der Waals surface area contributed by atoms with Crippen molar-refractivity contribution in [2.45, 2.75) is 27.3 Å². The summed E-state index contributed by atoms with van der Waals surface area (Å²) in [6.45, 7) is 11.1. The van der Waals surface area contributed by atoms with E-state index in [0.29, 0.717) is 25.3 Å². The van der Waals surface area contributed by atoms with E-state index in [1.54, 1.807) is 6.07 Å². The van der Waals surface area contributed by atoms with Gasteiger partial charge in [-0.3, -0.25) is 0 Å². The predicted molar refractivity (Wildman–Crippen MR) is 66.5 cm³/mol. The number of aromatic nitrogens is 1. The van der Waals surface area contributed by atoms with Crippen LogP contribution < -0.4 is 0 Å². The highest BCUT2D eigenvalue weighted by atomic mass is 16.5. The number of aromatic carboxylic acids is 1. The molecule has 0 radical (unpaired) electrons. The predicted octanol–water partition coefficient (Wildman–Crippen LogP) is 2.40. The van der Waals surface area contributed by atoms with Crippen LogP contribution in [-0.2, 0) is 11.3 Å². The third-order valence-corrected chi connectivity index (χ3v) is 2.61. The van der Waals surface area contributed by atoms with Crippen molar-refractivity contribution >= 4 is 5.97 Å². The molecule has 0 saturated carbocycles. The maximum Gasteiger partial charge on any atom is 0.337 e. The Morgan fingerprint density at radius 3 is 2.65 bits per heavy atom. The first kappa shape index (κ1) is 13.5. The van der Waals surface area contributed by atoms with Gasteiger partial charge in [-0.15, -0.1) is 0 Å². The summed E-state index contributed by atoms with van der Waals surface area (Å²) in [6, 6.07) is 1.69. The number of carboxylic acids is 1. The van der Waals surface area contributed by atoms with E-state index in [1.165, 1.54) is 0 Å². The van der Waals surface area contributed by atoms with Gasteiger partial charge in [0.2, 0.25) is 0 Å². The second kappa shape index (κ2) is 5.68. The van der Waals surface area contributed by atoms with Gasteiger partial charge in [0.1, 0.15) is 0 Å². The van der Waals surface area contributed by atoms with Crippen LogP contribution in [0.4, 0.5) is 0 Å². The fourth-order valence-corrected chi connectivity index (χ4v) is 1.76. The van der Waals surface area contributed by atoms with E-state index in [4.69, 9.17) is 9.84 Å². The average molecular weight is 237 g/mol. The Morgan fingerprint density at radius 2 is 2.18 bits per heavy atom. The van der Waals surface area contributed by atoms with E-state index >= 15 is 0 Å². The van der Waals surface area contributed by atoms with Gasteiger partial charge in [0.25, 0.3) is 0 Å². The van der Waals surface area contributed by atoms with E-state index in [1.807, 2.05) is 25.3 Å². The lowest BCUT2D eigenvalue weighted by molar-refractivity contribution is 0.0695. The summed E-state index contributed by atoms with van der Waals surface area (Å²) in [5.41, 5.74) is 3.06. The third-order valence-electron chi connectivity index (χ3n) is 2.61. The molecule has 1 heterocycles. The van der Waals surface area contributed by atoms with E-state index in [-0.39, 0.29) is 0 Å². The van der Waals surface area contributed by atoms with Crippen molar-refractivity contribution in [3.8, 4) is 0 Å². The van der Waals surface area contributed by atoms with Gasteiger partial charge in [-0.25, -0.2) is 4.79 Å². The number of carboxylic acid groups (broad SMARTS) is 1. The molecule has 1 aromatic rings. The minimum atomic E-state index is -0.882. The van der Waals surface area contributed by atoms with Crippen LogP contribution in [0.5, 0.6) is 0 Å². The first-order valence-corrected chi connectivity index (χ1v) is 5.55. The Balaban J connectivity index is 2.65. The summed E-state index contributed by atoms with van der Waals surface area (Å²) in [5, 5.41) is 8.99. The molecule has 0 aliphatic rings. The summed E-state index contributed by atoms with van der Waals surface area (Å²) >= 11 is 0. The maximum absolute atomic E-state index is 11.0. The lowest BCUT2D eigenvalue weighted by atomic mass is 10.2. The van der Waals surface area contributed by atoms with Crippen LogP contribution in [0.2, 0.25) is 0 Å². The molecule has 0 saturated heterocycles. The maximum atomic E-state index is 11.0. The smallest absolute Gasteiger partial charge is 0.337 e. The van der Waals surface area contributed by atoms with Gasteiger partial charge < -0.3 is 14.4 Å². The summed E-state index contributed by atoms with van der Waals surface area (Å²) in [6.07, 6.45) is 0. The van der Waals surface area contributed by atoms with Crippen LogP contribution >= 0.6 is 0 Å². The Labute approximate surface area is 102 Å². The molecule has 17 heavy (non-hydrogen) atoms. The molecular weight excluding hydrogens is 218 g/mol. The van der Waals surface area contributed by atoms with E-state index in [0.717, 1.165) is 17.0 Å². The molecule has 0 aromatic carbocycles. The van der Waals surface area contributed by atoms with Gasteiger partial charge in [-0.1, -0.05) is 12.2 Å². The molecule has 1 N–H and O–H groups in total. The number of carbonyl (C=O) groups is 1. The highest BCUT2D eigenvalue weighted by molar-refractivity contribution is 5.89. The number of hydrogen-bond acceptors (Lipinski definition) is 2. The Bertz CT molecular complexity index is 432. The number of nitrogens with zero attached hydrogens (tertiary/aromatic N) is 1. The molecule has 0 spiro atoms. The average Bonchev–Trinajstić information content (AvgIpc) is 2.50. The molecule has 0 aliphatic heterocycles. The topological polar surface area (TPSA) is 51.5 Å². The zero-order valence-electron chi connectivity index (χ0n) is 10.6. The normalized spacial score (nSPS) is 10.5. The molecule has 4 heteroatoms. The van der Waals surface area contributed by atoms with Crippen molar-refractivity contribution in [3.63, 3.8) is 0 Å². The molecule has 1 aromatic heterocycles. The molecule has 4 nitrogen and oxygen atoms in total. The molecule has 0 fully saturated rings. The molecular formula is C13H19NO3. The quantitative estimate of drug-likeness (QED) is 0.610. The lowest BCUT2D eigenvalue weighted by Gasteiger charge is -2.10. The van der Waals surface area contributed by atoms with Gasteiger partial charge in [-0.05, 0) is 26.8 Å². The summed E-state index contributed by atoms with van der Waals surface area (Å²) in [4.78, 5) is 11.0. The lowest BCUT2D eigenvalue weighted by Crippen LogP contribution is -2.10. The number of hydrogen-bond donors (Lipinski definition) is 1. The molecule has 0 bridgehead atoms. The molecule has 0 aliphatic carbocycles. The van der Waals surface area contributed by atoms with Crippen LogP contribution in [0, 0.1) is 13.8 Å². The van der Waals surface area contributed by atoms with Gasteiger partial charge >= 0.3 is 5.97 Å². The first-order valence-electron chi connectivity index (χ1n) is 5.55. The van der Waals surface area contributed by atoms with Crippen LogP contribution in [0.25, 0.3) is 0 Å². The van der Waals surface area contributed by atoms with Crippen molar-refractivity contribution in [1.29, 1.82) is 0 Å². The van der Waals surface area contributed by atoms with Crippen molar-refractivity contribution < 1.29 is 14.6 Å².